The molecule has 1 aromatic rings. The standard InChI is InChI=1S/C19H20N2O5/c1-12-8-9-16(15(11-12)20-13(2)22)21-10-6-5-7-14(18(23)25-3)17(21)19(24)26-4/h5-11H,1-4H3,(H,20,22). The Bertz CT molecular complexity index is 836. The quantitative estimate of drug-likeness (QED) is 0.834. The number of hydrogen-bond donors (Lipinski definition) is 1. The highest BCUT2D eigenvalue weighted by Gasteiger charge is 2.28. The van der Waals surface area contributed by atoms with Crippen LogP contribution in [-0.4, -0.2) is 32.1 Å². The fourth-order valence-corrected chi connectivity index (χ4v) is 2.50. The SMILES string of the molecule is COC(=O)C1=C(C(=O)OC)N(c2ccc(C)cc2NC(C)=O)C=CC=C1. The minimum atomic E-state index is -0.712. The minimum Gasteiger partial charge on any atom is -0.465 e. The molecule has 0 aliphatic carbocycles. The molecule has 0 radical (unpaired) electrons. The number of methoxy groups -OCH3 is 2. The number of aryl methyl sites for hydroxylation is 1. The van der Waals surface area contributed by atoms with E-state index in [9.17, 15) is 14.4 Å². The molecule has 0 bridgehead atoms. The van der Waals surface area contributed by atoms with Crippen molar-refractivity contribution in [3.8, 4) is 0 Å². The third-order valence-electron chi connectivity index (χ3n) is 3.61. The highest BCUT2D eigenvalue weighted by atomic mass is 16.5. The van der Waals surface area contributed by atoms with Crippen molar-refractivity contribution in [2.45, 2.75) is 13.8 Å². The van der Waals surface area contributed by atoms with E-state index < -0.39 is 11.9 Å². The first kappa shape index (κ1) is 19.0. The lowest BCUT2D eigenvalue weighted by Crippen LogP contribution is -2.27. The molecule has 0 aromatic heterocycles. The van der Waals surface area contributed by atoms with E-state index in [1.54, 1.807) is 30.5 Å². The van der Waals surface area contributed by atoms with Gasteiger partial charge in [-0.05, 0) is 36.8 Å². The van der Waals surface area contributed by atoms with E-state index >= 15 is 0 Å². The molecule has 0 fully saturated rings. The van der Waals surface area contributed by atoms with Crippen LogP contribution < -0.4 is 10.2 Å². The number of nitrogens with one attached hydrogen (secondary N) is 1. The van der Waals surface area contributed by atoms with Gasteiger partial charge in [-0.25, -0.2) is 9.59 Å². The maximum atomic E-state index is 12.4. The number of carbonyl (C=O) groups is 3. The van der Waals surface area contributed by atoms with Gasteiger partial charge < -0.3 is 19.7 Å². The summed E-state index contributed by atoms with van der Waals surface area (Å²) in [4.78, 5) is 37.7. The van der Waals surface area contributed by atoms with Crippen molar-refractivity contribution in [1.29, 1.82) is 0 Å². The van der Waals surface area contributed by atoms with Crippen molar-refractivity contribution < 1.29 is 23.9 Å². The lowest BCUT2D eigenvalue weighted by Gasteiger charge is -2.25. The number of esters is 2. The smallest absolute Gasteiger partial charge is 0.355 e. The Morgan fingerprint density at radius 1 is 1.04 bits per heavy atom. The summed E-state index contributed by atoms with van der Waals surface area (Å²) in [7, 11) is 2.46. The predicted octanol–water partition coefficient (Wildman–Crippen LogP) is 2.44. The highest BCUT2D eigenvalue weighted by Crippen LogP contribution is 2.33. The molecule has 1 aliphatic rings. The summed E-state index contributed by atoms with van der Waals surface area (Å²) in [6.07, 6.45) is 6.35. The van der Waals surface area contributed by atoms with Crippen molar-refractivity contribution in [3.63, 3.8) is 0 Å². The summed E-state index contributed by atoms with van der Waals surface area (Å²) in [5.41, 5.74) is 1.95. The van der Waals surface area contributed by atoms with Gasteiger partial charge in [0.1, 0.15) is 5.70 Å². The summed E-state index contributed by atoms with van der Waals surface area (Å²) < 4.78 is 9.65. The third-order valence-corrected chi connectivity index (χ3v) is 3.61. The van der Waals surface area contributed by atoms with Crippen LogP contribution in [0.15, 0.2) is 53.9 Å². The lowest BCUT2D eigenvalue weighted by molar-refractivity contribution is -0.139. The zero-order valence-corrected chi connectivity index (χ0v) is 15.0. The van der Waals surface area contributed by atoms with Gasteiger partial charge in [0.2, 0.25) is 5.91 Å². The molecule has 1 aliphatic heterocycles. The normalized spacial score (nSPS) is 13.3. The summed E-state index contributed by atoms with van der Waals surface area (Å²) in [5, 5.41) is 2.74. The fraction of sp³-hybridized carbons (Fsp3) is 0.211. The molecular weight excluding hydrogens is 336 g/mol. The fourth-order valence-electron chi connectivity index (χ4n) is 2.50. The van der Waals surface area contributed by atoms with Crippen LogP contribution in [0.3, 0.4) is 0 Å². The van der Waals surface area contributed by atoms with Crippen LogP contribution in [0.1, 0.15) is 12.5 Å². The summed E-state index contributed by atoms with van der Waals surface area (Å²) in [6.45, 7) is 3.27. The Kier molecular flexibility index (Phi) is 5.95. The van der Waals surface area contributed by atoms with Crippen LogP contribution in [0, 0.1) is 6.92 Å². The first-order valence-corrected chi connectivity index (χ1v) is 7.82. The molecule has 0 unspecified atom stereocenters. The van der Waals surface area contributed by atoms with E-state index in [0.29, 0.717) is 11.4 Å². The van der Waals surface area contributed by atoms with Crippen molar-refractivity contribution in [2.24, 2.45) is 0 Å². The first-order valence-electron chi connectivity index (χ1n) is 7.82. The van der Waals surface area contributed by atoms with Crippen molar-refractivity contribution >= 4 is 29.2 Å². The summed E-state index contributed by atoms with van der Waals surface area (Å²) in [5.74, 6) is -1.65. The minimum absolute atomic E-state index is 0.0141. The molecule has 0 atom stereocenters. The Morgan fingerprint density at radius 3 is 2.35 bits per heavy atom. The topological polar surface area (TPSA) is 84.9 Å². The Morgan fingerprint density at radius 2 is 1.73 bits per heavy atom. The number of rotatable bonds is 4. The molecule has 2 rings (SSSR count). The van der Waals surface area contributed by atoms with Crippen LogP contribution >= 0.6 is 0 Å². The summed E-state index contributed by atoms with van der Waals surface area (Å²) >= 11 is 0. The molecular formula is C19H20N2O5. The number of benzene rings is 1. The molecule has 26 heavy (non-hydrogen) atoms. The zero-order valence-electron chi connectivity index (χ0n) is 15.0. The molecule has 1 heterocycles. The van der Waals surface area contributed by atoms with E-state index in [2.05, 4.69) is 5.32 Å². The molecule has 7 nitrogen and oxygen atoms in total. The first-order chi connectivity index (χ1) is 12.4. The number of nitrogens with zero attached hydrogens (tertiary/aromatic N) is 1. The number of anilines is 2. The average Bonchev–Trinajstić information content (AvgIpc) is 2.83. The monoisotopic (exact) mass is 356 g/mol. The molecule has 1 N–H and O–H groups in total. The molecule has 136 valence electrons. The Balaban J connectivity index is 2.71. The van der Waals surface area contributed by atoms with E-state index in [1.165, 1.54) is 32.1 Å². The van der Waals surface area contributed by atoms with E-state index in [-0.39, 0.29) is 17.2 Å². The van der Waals surface area contributed by atoms with E-state index in [4.69, 9.17) is 9.47 Å². The molecule has 7 heteroatoms. The third kappa shape index (κ3) is 4.00. The van der Waals surface area contributed by atoms with Gasteiger partial charge in [0.25, 0.3) is 0 Å². The Hall–Kier alpha value is -3.35. The highest BCUT2D eigenvalue weighted by molar-refractivity contribution is 6.06. The maximum absolute atomic E-state index is 12.4. The second-order valence-corrected chi connectivity index (χ2v) is 5.52. The van der Waals surface area contributed by atoms with Gasteiger partial charge >= 0.3 is 11.9 Å². The van der Waals surface area contributed by atoms with E-state index in [1.807, 2.05) is 13.0 Å². The second kappa shape index (κ2) is 8.15. The second-order valence-electron chi connectivity index (χ2n) is 5.52. The van der Waals surface area contributed by atoms with Gasteiger partial charge in [0, 0.05) is 13.1 Å². The largest absolute Gasteiger partial charge is 0.465 e. The van der Waals surface area contributed by atoms with Crippen LogP contribution in [0.4, 0.5) is 11.4 Å². The number of hydrogen-bond acceptors (Lipinski definition) is 6. The van der Waals surface area contributed by atoms with Crippen LogP contribution in [0.5, 0.6) is 0 Å². The van der Waals surface area contributed by atoms with Crippen LogP contribution in [0.2, 0.25) is 0 Å². The molecule has 1 aromatic carbocycles. The van der Waals surface area contributed by atoms with Crippen molar-refractivity contribution in [2.75, 3.05) is 24.4 Å². The maximum Gasteiger partial charge on any atom is 0.355 e. The van der Waals surface area contributed by atoms with Gasteiger partial charge in [-0.1, -0.05) is 12.1 Å². The lowest BCUT2D eigenvalue weighted by atomic mass is 10.1. The van der Waals surface area contributed by atoms with E-state index in [0.717, 1.165) is 5.56 Å². The zero-order chi connectivity index (χ0) is 19.3. The molecule has 0 spiro atoms. The van der Waals surface area contributed by atoms with Crippen LogP contribution in [-0.2, 0) is 23.9 Å². The summed E-state index contributed by atoms with van der Waals surface area (Å²) in [6, 6.07) is 5.35. The molecule has 0 saturated heterocycles. The van der Waals surface area contributed by atoms with Gasteiger partial charge in [0.15, 0.2) is 0 Å². The number of amides is 1. The number of carbonyl (C=O) groups excluding carboxylic acids is 3. The number of ether oxygens (including phenoxy) is 2. The molecule has 0 saturated carbocycles. The predicted molar refractivity (Wildman–Crippen MR) is 97.3 cm³/mol. The van der Waals surface area contributed by atoms with Crippen molar-refractivity contribution in [3.05, 3.63) is 59.5 Å². The Labute approximate surface area is 151 Å². The van der Waals surface area contributed by atoms with Gasteiger partial charge in [0.05, 0.1) is 31.2 Å². The molecule has 1 amide bonds. The average molecular weight is 356 g/mol. The number of allylic oxidation sites excluding steroid dienone is 2. The van der Waals surface area contributed by atoms with Gasteiger partial charge in [-0.15, -0.1) is 0 Å². The van der Waals surface area contributed by atoms with Crippen LogP contribution in [0.25, 0.3) is 0 Å². The van der Waals surface area contributed by atoms with Gasteiger partial charge in [-0.2, -0.15) is 0 Å². The van der Waals surface area contributed by atoms with Gasteiger partial charge in [-0.3, -0.25) is 4.79 Å². The van der Waals surface area contributed by atoms with Crippen molar-refractivity contribution in [1.82, 2.24) is 0 Å².